The van der Waals surface area contributed by atoms with Gasteiger partial charge in [-0.3, -0.25) is 14.9 Å². The van der Waals surface area contributed by atoms with Gasteiger partial charge in [-0.15, -0.1) is 11.3 Å². The molecule has 9 heteroatoms. The van der Waals surface area contributed by atoms with E-state index in [1.54, 1.807) is 11.4 Å². The number of thiophene rings is 1. The molecule has 0 aliphatic heterocycles. The van der Waals surface area contributed by atoms with E-state index in [9.17, 15) is 17.6 Å². The number of sulfonamides is 1. The highest BCUT2D eigenvalue weighted by molar-refractivity contribution is 7.94. The predicted octanol–water partition coefficient (Wildman–Crippen LogP) is 1.29. The summed E-state index contributed by atoms with van der Waals surface area (Å²) in [6.07, 6.45) is 0. The number of nitrogens with one attached hydrogen (secondary N) is 2. The van der Waals surface area contributed by atoms with E-state index in [4.69, 9.17) is 5.84 Å². The highest BCUT2D eigenvalue weighted by Crippen LogP contribution is 2.25. The topological polar surface area (TPSA) is 101 Å². The smallest absolute Gasteiger partial charge is 0.271 e. The molecule has 1 heterocycles. The van der Waals surface area contributed by atoms with Gasteiger partial charge < -0.3 is 0 Å². The summed E-state index contributed by atoms with van der Waals surface area (Å²) in [5.41, 5.74) is 1.19. The molecule has 0 aliphatic rings. The van der Waals surface area contributed by atoms with Crippen LogP contribution in [0.5, 0.6) is 0 Å². The van der Waals surface area contributed by atoms with Crippen molar-refractivity contribution < 1.29 is 17.6 Å². The van der Waals surface area contributed by atoms with Crippen LogP contribution < -0.4 is 16.0 Å². The highest BCUT2D eigenvalue weighted by Gasteiger charge is 2.21. The number of rotatable bonds is 4. The molecule has 6 nitrogen and oxygen atoms in total. The SMILES string of the molecule is NNC(=O)c1cccc(F)c1NS(=O)(=O)c1cccs1. The molecule has 20 heavy (non-hydrogen) atoms. The maximum absolute atomic E-state index is 13.8. The molecule has 1 aromatic heterocycles. The largest absolute Gasteiger partial charge is 0.290 e. The number of para-hydroxylation sites is 1. The lowest BCUT2D eigenvalue weighted by Gasteiger charge is -2.11. The van der Waals surface area contributed by atoms with E-state index in [0.29, 0.717) is 0 Å². The number of amides is 1. The maximum Gasteiger partial charge on any atom is 0.271 e. The summed E-state index contributed by atoms with van der Waals surface area (Å²) in [5.74, 6) is 3.32. The zero-order valence-electron chi connectivity index (χ0n) is 9.96. The van der Waals surface area contributed by atoms with Crippen LogP contribution >= 0.6 is 11.3 Å². The normalized spacial score (nSPS) is 11.1. The summed E-state index contributed by atoms with van der Waals surface area (Å²) in [6, 6.07) is 6.50. The molecule has 0 radical (unpaired) electrons. The molecule has 0 bridgehead atoms. The van der Waals surface area contributed by atoms with Gasteiger partial charge in [0, 0.05) is 0 Å². The number of hydrogen-bond acceptors (Lipinski definition) is 5. The first-order chi connectivity index (χ1) is 9.45. The molecule has 0 saturated carbocycles. The second-order valence-corrected chi connectivity index (χ2v) is 6.53. The van der Waals surface area contributed by atoms with E-state index in [1.807, 2.05) is 5.43 Å². The van der Waals surface area contributed by atoms with Gasteiger partial charge in [-0.05, 0) is 23.6 Å². The lowest BCUT2D eigenvalue weighted by molar-refractivity contribution is 0.0954. The Morgan fingerprint density at radius 1 is 1.25 bits per heavy atom. The summed E-state index contributed by atoms with van der Waals surface area (Å²) in [6.45, 7) is 0. The molecule has 2 aromatic rings. The number of hydrazine groups is 1. The number of anilines is 1. The number of benzene rings is 1. The zero-order chi connectivity index (χ0) is 14.8. The third-order valence-corrected chi connectivity index (χ3v) is 5.13. The van der Waals surface area contributed by atoms with Crippen molar-refractivity contribution >= 4 is 33.0 Å². The van der Waals surface area contributed by atoms with Gasteiger partial charge >= 0.3 is 0 Å². The van der Waals surface area contributed by atoms with Crippen molar-refractivity contribution in [1.29, 1.82) is 0 Å². The minimum Gasteiger partial charge on any atom is -0.290 e. The number of carbonyl (C=O) groups excluding carboxylic acids is 1. The van der Waals surface area contributed by atoms with Crippen LogP contribution in [0.4, 0.5) is 10.1 Å². The van der Waals surface area contributed by atoms with Crippen LogP contribution in [0.1, 0.15) is 10.4 Å². The van der Waals surface area contributed by atoms with Crippen LogP contribution in [0.3, 0.4) is 0 Å². The third kappa shape index (κ3) is 2.79. The third-order valence-electron chi connectivity index (χ3n) is 2.39. The zero-order valence-corrected chi connectivity index (χ0v) is 11.6. The molecule has 1 aromatic carbocycles. The van der Waals surface area contributed by atoms with Gasteiger partial charge in [0.15, 0.2) is 0 Å². The van der Waals surface area contributed by atoms with E-state index in [-0.39, 0.29) is 9.77 Å². The average molecular weight is 315 g/mol. The van der Waals surface area contributed by atoms with E-state index < -0.39 is 27.4 Å². The van der Waals surface area contributed by atoms with Crippen molar-refractivity contribution in [2.75, 3.05) is 4.72 Å². The van der Waals surface area contributed by atoms with Gasteiger partial charge in [0.2, 0.25) is 0 Å². The summed E-state index contributed by atoms with van der Waals surface area (Å²) in [4.78, 5) is 11.5. The molecule has 0 fully saturated rings. The van der Waals surface area contributed by atoms with Crippen LogP contribution in [0, 0.1) is 5.82 Å². The minimum absolute atomic E-state index is 0.0138. The lowest BCUT2D eigenvalue weighted by Crippen LogP contribution is -2.31. The van der Waals surface area contributed by atoms with Crippen molar-refractivity contribution in [2.45, 2.75) is 4.21 Å². The van der Waals surface area contributed by atoms with E-state index in [0.717, 1.165) is 17.4 Å². The molecule has 0 spiro atoms. The van der Waals surface area contributed by atoms with Crippen molar-refractivity contribution in [3.8, 4) is 0 Å². The van der Waals surface area contributed by atoms with Crippen molar-refractivity contribution in [3.63, 3.8) is 0 Å². The van der Waals surface area contributed by atoms with Crippen molar-refractivity contribution in [3.05, 3.63) is 47.1 Å². The van der Waals surface area contributed by atoms with E-state index in [2.05, 4.69) is 4.72 Å². The Labute approximate surface area is 118 Å². The maximum atomic E-state index is 13.8. The second-order valence-electron chi connectivity index (χ2n) is 3.67. The van der Waals surface area contributed by atoms with Crippen molar-refractivity contribution in [1.82, 2.24) is 5.43 Å². The number of nitrogen functional groups attached to an aromatic ring is 1. The predicted molar refractivity (Wildman–Crippen MR) is 73.2 cm³/mol. The minimum atomic E-state index is -3.95. The van der Waals surface area contributed by atoms with Crippen LogP contribution in [0.15, 0.2) is 39.9 Å². The molecule has 4 N–H and O–H groups in total. The summed E-state index contributed by atoms with van der Waals surface area (Å²) in [5, 5.41) is 1.57. The Morgan fingerprint density at radius 3 is 2.60 bits per heavy atom. The Hall–Kier alpha value is -1.97. The van der Waals surface area contributed by atoms with Crippen molar-refractivity contribution in [2.24, 2.45) is 5.84 Å². The van der Waals surface area contributed by atoms with Gasteiger partial charge in [0.1, 0.15) is 10.0 Å². The van der Waals surface area contributed by atoms with E-state index in [1.165, 1.54) is 18.2 Å². The standard InChI is InChI=1S/C11H10FN3O3S2/c12-8-4-1-3-7(11(16)14-13)10(8)15-20(17,18)9-5-2-6-19-9/h1-6,15H,13H2,(H,14,16). The van der Waals surface area contributed by atoms with E-state index >= 15 is 0 Å². The lowest BCUT2D eigenvalue weighted by atomic mass is 10.1. The van der Waals surface area contributed by atoms with Crippen LogP contribution in [-0.4, -0.2) is 14.3 Å². The highest BCUT2D eigenvalue weighted by atomic mass is 32.2. The monoisotopic (exact) mass is 315 g/mol. The first-order valence-electron chi connectivity index (χ1n) is 5.31. The molecule has 106 valence electrons. The molecular formula is C11H10FN3O3S2. The Morgan fingerprint density at radius 2 is 2.00 bits per heavy atom. The van der Waals surface area contributed by atoms with Crippen LogP contribution in [0.25, 0.3) is 0 Å². The fraction of sp³-hybridized carbons (Fsp3) is 0. The Balaban J connectivity index is 2.46. The van der Waals surface area contributed by atoms with Gasteiger partial charge in [0.05, 0.1) is 11.3 Å². The van der Waals surface area contributed by atoms with Gasteiger partial charge in [-0.2, -0.15) is 0 Å². The quantitative estimate of drug-likeness (QED) is 0.449. The number of halogens is 1. The number of nitrogens with two attached hydrogens (primary N) is 1. The molecular weight excluding hydrogens is 305 g/mol. The Kier molecular flexibility index (Phi) is 4.02. The summed E-state index contributed by atoms with van der Waals surface area (Å²) < 4.78 is 39.9. The summed E-state index contributed by atoms with van der Waals surface area (Å²) in [7, 11) is -3.95. The van der Waals surface area contributed by atoms with Gasteiger partial charge in [-0.25, -0.2) is 18.7 Å². The summed E-state index contributed by atoms with van der Waals surface area (Å²) >= 11 is 0.977. The van der Waals surface area contributed by atoms with Gasteiger partial charge in [0.25, 0.3) is 15.9 Å². The fourth-order valence-corrected chi connectivity index (χ4v) is 3.58. The first-order valence-corrected chi connectivity index (χ1v) is 7.68. The second kappa shape index (κ2) is 5.57. The molecule has 0 saturated heterocycles. The first kappa shape index (κ1) is 14.4. The number of hydrogen-bond donors (Lipinski definition) is 3. The van der Waals surface area contributed by atoms with Gasteiger partial charge in [-0.1, -0.05) is 12.1 Å². The molecule has 0 unspecified atom stereocenters. The van der Waals surface area contributed by atoms with Crippen LogP contribution in [0.2, 0.25) is 0 Å². The number of carbonyl (C=O) groups is 1. The molecule has 1 amide bonds. The fourth-order valence-electron chi connectivity index (χ4n) is 1.50. The average Bonchev–Trinajstić information content (AvgIpc) is 2.95. The van der Waals surface area contributed by atoms with Crippen LogP contribution in [-0.2, 0) is 10.0 Å². The Bertz CT molecular complexity index is 729. The molecule has 2 rings (SSSR count). The molecule has 0 aliphatic carbocycles. The molecule has 0 atom stereocenters.